The topological polar surface area (TPSA) is 109 Å². The Bertz CT molecular complexity index is 1130. The van der Waals surface area contributed by atoms with Crippen molar-refractivity contribution in [3.63, 3.8) is 0 Å². The predicted molar refractivity (Wildman–Crippen MR) is 110 cm³/mol. The van der Waals surface area contributed by atoms with E-state index in [-0.39, 0.29) is 21.2 Å². The molecule has 0 unspecified atom stereocenters. The molecule has 0 amide bonds. The minimum atomic E-state index is -4.64. The Labute approximate surface area is 175 Å². The first-order chi connectivity index (χ1) is 12.5. The Morgan fingerprint density at radius 3 is 1.00 bits per heavy atom. The average Bonchev–Trinajstić information content (AvgIpc) is 2.51. The van der Waals surface area contributed by atoms with Crippen LogP contribution in [0.4, 0.5) is 0 Å². The Hall–Kier alpha value is -1.16. The van der Waals surface area contributed by atoms with Crippen molar-refractivity contribution in [2.75, 3.05) is 0 Å². The molecule has 0 heterocycles. The van der Waals surface area contributed by atoms with E-state index in [0.717, 1.165) is 0 Å². The molecule has 0 saturated carbocycles. The molecule has 0 fully saturated rings. The molecule has 0 aliphatic heterocycles. The molecule has 2 aromatic rings. The van der Waals surface area contributed by atoms with Gasteiger partial charge in [-0.1, -0.05) is 23.2 Å². The lowest BCUT2D eigenvalue weighted by Gasteiger charge is -2.24. The van der Waals surface area contributed by atoms with E-state index >= 15 is 0 Å². The van der Waals surface area contributed by atoms with Crippen LogP contribution in [0.2, 0.25) is 10.0 Å². The van der Waals surface area contributed by atoms with Crippen molar-refractivity contribution in [3.8, 4) is 11.1 Å². The quantitative estimate of drug-likeness (QED) is 0.615. The standard InChI is InChI=1S/C18H20Cl2O6S2/c1-7-9(3)15(19)17(27(21,22)23)11(5)13(7)14-8(2)10(4)16(20)18(12(14)6)28(24,25)26/h1-6H3,(H,21,22,23)(H,24,25,26). The van der Waals surface area contributed by atoms with Gasteiger partial charge in [0.15, 0.2) is 0 Å². The van der Waals surface area contributed by atoms with Crippen molar-refractivity contribution >= 4 is 43.4 Å². The van der Waals surface area contributed by atoms with Gasteiger partial charge in [-0.3, -0.25) is 9.11 Å². The van der Waals surface area contributed by atoms with Crippen LogP contribution >= 0.6 is 23.2 Å². The molecule has 0 aromatic heterocycles. The number of hydrogen-bond donors (Lipinski definition) is 2. The predicted octanol–water partition coefficient (Wildman–Crippen LogP) is 5.00. The molecule has 0 atom stereocenters. The molecule has 0 aliphatic rings. The van der Waals surface area contributed by atoms with E-state index < -0.39 is 30.0 Å². The molecule has 0 radical (unpaired) electrons. The Morgan fingerprint density at radius 1 is 0.536 bits per heavy atom. The fourth-order valence-electron chi connectivity index (χ4n) is 3.53. The summed E-state index contributed by atoms with van der Waals surface area (Å²) in [4.78, 5) is -0.876. The summed E-state index contributed by atoms with van der Waals surface area (Å²) >= 11 is 12.4. The molecule has 6 nitrogen and oxygen atoms in total. The molecule has 0 aliphatic carbocycles. The third-order valence-corrected chi connectivity index (χ3v) is 8.35. The molecule has 2 N–H and O–H groups in total. The van der Waals surface area contributed by atoms with Gasteiger partial charge in [-0.05, 0) is 86.1 Å². The highest BCUT2D eigenvalue weighted by Gasteiger charge is 2.30. The molecule has 28 heavy (non-hydrogen) atoms. The smallest absolute Gasteiger partial charge is 0.282 e. The fraction of sp³-hybridized carbons (Fsp3) is 0.333. The van der Waals surface area contributed by atoms with Gasteiger partial charge in [-0.15, -0.1) is 0 Å². The highest BCUT2D eigenvalue weighted by Crippen LogP contribution is 2.45. The minimum absolute atomic E-state index is 0.0998. The van der Waals surface area contributed by atoms with Gasteiger partial charge in [0.2, 0.25) is 0 Å². The van der Waals surface area contributed by atoms with E-state index in [1.54, 1.807) is 27.7 Å². The third kappa shape index (κ3) is 3.58. The van der Waals surface area contributed by atoms with Crippen molar-refractivity contribution in [1.82, 2.24) is 0 Å². The van der Waals surface area contributed by atoms with Crippen LogP contribution < -0.4 is 0 Å². The second kappa shape index (κ2) is 7.27. The summed E-state index contributed by atoms with van der Waals surface area (Å²) in [6, 6.07) is 0. The largest absolute Gasteiger partial charge is 0.296 e. The highest BCUT2D eigenvalue weighted by atomic mass is 35.5. The fourth-order valence-corrected chi connectivity index (χ4v) is 6.42. The van der Waals surface area contributed by atoms with Crippen LogP contribution in [0.25, 0.3) is 11.1 Å². The molecule has 0 saturated heterocycles. The van der Waals surface area contributed by atoms with Gasteiger partial charge < -0.3 is 0 Å². The molecule has 10 heteroatoms. The van der Waals surface area contributed by atoms with Crippen LogP contribution in [-0.4, -0.2) is 25.9 Å². The normalized spacial score (nSPS) is 12.5. The van der Waals surface area contributed by atoms with Gasteiger partial charge in [0.1, 0.15) is 9.79 Å². The van der Waals surface area contributed by atoms with E-state index in [9.17, 15) is 25.9 Å². The Kier molecular flexibility index (Phi) is 6.00. The number of hydrogen-bond acceptors (Lipinski definition) is 4. The highest BCUT2D eigenvalue weighted by molar-refractivity contribution is 7.86. The maximum atomic E-state index is 12.0. The molecule has 2 aromatic carbocycles. The van der Waals surface area contributed by atoms with Gasteiger partial charge in [0.05, 0.1) is 10.0 Å². The second-order valence-corrected chi connectivity index (χ2v) is 10.2. The van der Waals surface area contributed by atoms with Crippen LogP contribution in [0.5, 0.6) is 0 Å². The molecule has 2 rings (SSSR count). The van der Waals surface area contributed by atoms with Crippen LogP contribution in [0.1, 0.15) is 33.4 Å². The lowest BCUT2D eigenvalue weighted by Crippen LogP contribution is -2.11. The van der Waals surface area contributed by atoms with Gasteiger partial charge in [0, 0.05) is 0 Å². The maximum absolute atomic E-state index is 12.0. The first-order valence-corrected chi connectivity index (χ1v) is 11.7. The minimum Gasteiger partial charge on any atom is -0.282 e. The van der Waals surface area contributed by atoms with Crippen molar-refractivity contribution in [2.45, 2.75) is 51.3 Å². The van der Waals surface area contributed by atoms with E-state index in [4.69, 9.17) is 23.2 Å². The van der Waals surface area contributed by atoms with Crippen LogP contribution in [0.3, 0.4) is 0 Å². The van der Waals surface area contributed by atoms with Crippen molar-refractivity contribution in [1.29, 1.82) is 0 Å². The summed E-state index contributed by atoms with van der Waals surface area (Å²) in [5, 5.41) is -0.200. The van der Waals surface area contributed by atoms with Crippen LogP contribution in [0.15, 0.2) is 9.79 Å². The Morgan fingerprint density at radius 2 is 0.786 bits per heavy atom. The summed E-state index contributed by atoms with van der Waals surface area (Å²) in [6.07, 6.45) is 0. The number of rotatable bonds is 3. The Balaban J connectivity index is 3.24. The monoisotopic (exact) mass is 466 g/mol. The molecule has 154 valence electrons. The first kappa shape index (κ1) is 23.1. The van der Waals surface area contributed by atoms with E-state index in [1.807, 2.05) is 0 Å². The third-order valence-electron chi connectivity index (χ3n) is 5.13. The van der Waals surface area contributed by atoms with Crippen LogP contribution in [-0.2, 0) is 20.2 Å². The number of halogens is 2. The lowest BCUT2D eigenvalue weighted by atomic mass is 9.86. The lowest BCUT2D eigenvalue weighted by molar-refractivity contribution is 0.480. The SMILES string of the molecule is Cc1c(C)c(-c2c(C)c(C)c(Cl)c(S(=O)(=O)O)c2C)c(C)c(S(=O)(=O)O)c1Cl. The van der Waals surface area contributed by atoms with Crippen molar-refractivity contribution in [3.05, 3.63) is 43.4 Å². The molecular weight excluding hydrogens is 447 g/mol. The molecule has 0 spiro atoms. The maximum Gasteiger partial charge on any atom is 0.296 e. The average molecular weight is 467 g/mol. The van der Waals surface area contributed by atoms with E-state index in [1.165, 1.54) is 13.8 Å². The summed E-state index contributed by atoms with van der Waals surface area (Å²) < 4.78 is 67.2. The zero-order valence-electron chi connectivity index (χ0n) is 16.1. The molecular formula is C18H20Cl2O6S2. The molecule has 0 bridgehead atoms. The summed E-state index contributed by atoms with van der Waals surface area (Å²) in [7, 11) is -9.28. The van der Waals surface area contributed by atoms with E-state index in [0.29, 0.717) is 33.4 Å². The van der Waals surface area contributed by atoms with Crippen LogP contribution in [0, 0.1) is 41.5 Å². The van der Waals surface area contributed by atoms with Gasteiger partial charge in [-0.25, -0.2) is 0 Å². The summed E-state index contributed by atoms with van der Waals surface area (Å²) in [6.45, 7) is 9.60. The van der Waals surface area contributed by atoms with Gasteiger partial charge in [-0.2, -0.15) is 16.8 Å². The summed E-state index contributed by atoms with van der Waals surface area (Å²) in [5.74, 6) is 0. The van der Waals surface area contributed by atoms with Gasteiger partial charge in [0.25, 0.3) is 20.2 Å². The zero-order valence-corrected chi connectivity index (χ0v) is 19.2. The first-order valence-electron chi connectivity index (χ1n) is 8.07. The second-order valence-electron chi connectivity index (χ2n) is 6.74. The van der Waals surface area contributed by atoms with Crippen molar-refractivity contribution < 1.29 is 25.9 Å². The number of benzene rings is 2. The van der Waals surface area contributed by atoms with Gasteiger partial charge >= 0.3 is 0 Å². The zero-order chi connectivity index (χ0) is 21.9. The summed E-state index contributed by atoms with van der Waals surface area (Å²) in [5.41, 5.74) is 3.25. The van der Waals surface area contributed by atoms with Crippen molar-refractivity contribution in [2.24, 2.45) is 0 Å². The van der Waals surface area contributed by atoms with E-state index in [2.05, 4.69) is 0 Å².